The Hall–Kier alpha value is -2.27. The van der Waals surface area contributed by atoms with Crippen LogP contribution in [0, 0.1) is 13.8 Å². The molecule has 4 nitrogen and oxygen atoms in total. The van der Waals surface area contributed by atoms with Crippen molar-refractivity contribution in [3.8, 4) is 0 Å². The Bertz CT molecular complexity index is 842. The molecular formula is C19H21N3OS. The van der Waals surface area contributed by atoms with Crippen molar-refractivity contribution >= 4 is 28.7 Å². The van der Waals surface area contributed by atoms with Crippen LogP contribution in [-0.4, -0.2) is 27.8 Å². The Labute approximate surface area is 146 Å². The first-order chi connectivity index (χ1) is 11.6. The van der Waals surface area contributed by atoms with E-state index in [0.29, 0.717) is 13.1 Å². The van der Waals surface area contributed by atoms with Crippen LogP contribution in [-0.2, 0) is 11.3 Å². The van der Waals surface area contributed by atoms with Gasteiger partial charge in [0.05, 0.1) is 17.4 Å². The van der Waals surface area contributed by atoms with Crippen LogP contribution < -0.4 is 5.32 Å². The lowest BCUT2D eigenvalue weighted by atomic mass is 10.1. The molecule has 0 aliphatic heterocycles. The van der Waals surface area contributed by atoms with E-state index in [2.05, 4.69) is 48.4 Å². The highest BCUT2D eigenvalue weighted by Gasteiger charge is 2.08. The van der Waals surface area contributed by atoms with Gasteiger partial charge in [0, 0.05) is 17.2 Å². The number of hydrogen-bond donors (Lipinski definition) is 1. The maximum Gasteiger partial charge on any atom is 0.240 e. The quantitative estimate of drug-likeness (QED) is 0.552. The molecule has 0 atom stereocenters. The molecule has 0 radical (unpaired) electrons. The second-order valence-electron chi connectivity index (χ2n) is 5.81. The van der Waals surface area contributed by atoms with Gasteiger partial charge in [-0.3, -0.25) is 4.79 Å². The number of aromatic nitrogens is 2. The lowest BCUT2D eigenvalue weighted by Crippen LogP contribution is -2.29. The number of imidazole rings is 1. The van der Waals surface area contributed by atoms with Crippen LogP contribution in [0.2, 0.25) is 0 Å². The molecule has 124 valence electrons. The van der Waals surface area contributed by atoms with Gasteiger partial charge >= 0.3 is 0 Å². The van der Waals surface area contributed by atoms with E-state index in [-0.39, 0.29) is 5.91 Å². The van der Waals surface area contributed by atoms with Crippen molar-refractivity contribution < 1.29 is 4.79 Å². The van der Waals surface area contributed by atoms with Gasteiger partial charge in [-0.15, -0.1) is 11.8 Å². The fourth-order valence-corrected chi connectivity index (χ4v) is 3.32. The number of carbonyl (C=O) groups is 1. The first-order valence-electron chi connectivity index (χ1n) is 8.00. The predicted molar refractivity (Wildman–Crippen MR) is 99.4 cm³/mol. The van der Waals surface area contributed by atoms with Crippen LogP contribution in [0.4, 0.5) is 0 Å². The summed E-state index contributed by atoms with van der Waals surface area (Å²) in [6, 6.07) is 14.4. The van der Waals surface area contributed by atoms with E-state index in [1.54, 1.807) is 18.1 Å². The SMILES string of the molecule is Cc1cc2ncn(CC(=O)NCCSc3ccccc3)c2cc1C. The number of benzene rings is 2. The second kappa shape index (κ2) is 7.53. The van der Waals surface area contributed by atoms with Crippen molar-refractivity contribution in [1.82, 2.24) is 14.9 Å². The molecule has 1 N–H and O–H groups in total. The van der Waals surface area contributed by atoms with E-state index in [1.807, 2.05) is 22.8 Å². The summed E-state index contributed by atoms with van der Waals surface area (Å²) in [6.07, 6.45) is 1.74. The van der Waals surface area contributed by atoms with E-state index < -0.39 is 0 Å². The number of fused-ring (bicyclic) bond motifs is 1. The van der Waals surface area contributed by atoms with Gasteiger partial charge < -0.3 is 9.88 Å². The highest BCUT2D eigenvalue weighted by atomic mass is 32.2. The Balaban J connectivity index is 1.53. The molecule has 0 aliphatic rings. The molecule has 1 amide bonds. The van der Waals surface area contributed by atoms with Gasteiger partial charge in [-0.2, -0.15) is 0 Å². The van der Waals surface area contributed by atoms with Crippen LogP contribution in [0.1, 0.15) is 11.1 Å². The Morgan fingerprint density at radius 3 is 2.71 bits per heavy atom. The average molecular weight is 339 g/mol. The topological polar surface area (TPSA) is 46.9 Å². The highest BCUT2D eigenvalue weighted by molar-refractivity contribution is 7.99. The fourth-order valence-electron chi connectivity index (χ4n) is 2.53. The van der Waals surface area contributed by atoms with Crippen molar-refractivity contribution in [3.63, 3.8) is 0 Å². The zero-order chi connectivity index (χ0) is 16.9. The third-order valence-electron chi connectivity index (χ3n) is 3.99. The van der Waals surface area contributed by atoms with Gasteiger partial charge in [0.25, 0.3) is 0 Å². The maximum atomic E-state index is 12.1. The Kier molecular flexibility index (Phi) is 5.20. The second-order valence-corrected chi connectivity index (χ2v) is 6.98. The molecule has 24 heavy (non-hydrogen) atoms. The summed E-state index contributed by atoms with van der Waals surface area (Å²) in [5.74, 6) is 0.875. The van der Waals surface area contributed by atoms with Gasteiger partial charge in [-0.05, 0) is 49.2 Å². The van der Waals surface area contributed by atoms with Crippen LogP contribution in [0.3, 0.4) is 0 Å². The minimum absolute atomic E-state index is 0.0150. The summed E-state index contributed by atoms with van der Waals surface area (Å²) < 4.78 is 1.90. The number of hydrogen-bond acceptors (Lipinski definition) is 3. The zero-order valence-electron chi connectivity index (χ0n) is 14.0. The monoisotopic (exact) mass is 339 g/mol. The lowest BCUT2D eigenvalue weighted by Gasteiger charge is -2.08. The molecule has 0 saturated heterocycles. The van der Waals surface area contributed by atoms with Crippen LogP contribution >= 0.6 is 11.8 Å². The first-order valence-corrected chi connectivity index (χ1v) is 8.98. The number of amides is 1. The molecule has 1 aromatic heterocycles. The van der Waals surface area contributed by atoms with E-state index in [0.717, 1.165) is 16.8 Å². The van der Waals surface area contributed by atoms with Gasteiger partial charge in [0.15, 0.2) is 0 Å². The van der Waals surface area contributed by atoms with Gasteiger partial charge in [0.2, 0.25) is 5.91 Å². The molecular weight excluding hydrogens is 318 g/mol. The number of aryl methyl sites for hydroxylation is 2. The summed E-state index contributed by atoms with van der Waals surface area (Å²) in [6.45, 7) is 5.11. The fraction of sp³-hybridized carbons (Fsp3) is 0.263. The number of thioether (sulfide) groups is 1. The van der Waals surface area contributed by atoms with Crippen molar-refractivity contribution in [1.29, 1.82) is 0 Å². The molecule has 1 heterocycles. The van der Waals surface area contributed by atoms with Crippen LogP contribution in [0.15, 0.2) is 53.7 Å². The Morgan fingerprint density at radius 2 is 1.92 bits per heavy atom. The summed E-state index contributed by atoms with van der Waals surface area (Å²) in [4.78, 5) is 17.8. The molecule has 5 heteroatoms. The molecule has 3 aromatic rings. The average Bonchev–Trinajstić information content (AvgIpc) is 2.95. The predicted octanol–water partition coefficient (Wildman–Crippen LogP) is 3.56. The van der Waals surface area contributed by atoms with Crippen LogP contribution in [0.5, 0.6) is 0 Å². The van der Waals surface area contributed by atoms with Gasteiger partial charge in [-0.1, -0.05) is 18.2 Å². The molecule has 3 rings (SSSR count). The third-order valence-corrected chi connectivity index (χ3v) is 5.00. The van der Waals surface area contributed by atoms with Crippen molar-refractivity contribution in [2.24, 2.45) is 0 Å². The van der Waals surface area contributed by atoms with E-state index in [9.17, 15) is 4.79 Å². The normalized spacial score (nSPS) is 10.9. The first kappa shape index (κ1) is 16.6. The summed E-state index contributed by atoms with van der Waals surface area (Å²) in [7, 11) is 0. The zero-order valence-corrected chi connectivity index (χ0v) is 14.8. The molecule has 0 fully saturated rings. The standard InChI is InChI=1S/C19H21N3OS/c1-14-10-17-18(11-15(14)2)22(13-21-17)12-19(23)20-8-9-24-16-6-4-3-5-7-16/h3-7,10-11,13H,8-9,12H2,1-2H3,(H,20,23). The number of rotatable bonds is 6. The molecule has 0 aliphatic carbocycles. The minimum Gasteiger partial charge on any atom is -0.354 e. The van der Waals surface area contributed by atoms with Crippen molar-refractivity contribution in [3.05, 3.63) is 59.9 Å². The number of carbonyl (C=O) groups excluding carboxylic acids is 1. The highest BCUT2D eigenvalue weighted by Crippen LogP contribution is 2.18. The number of nitrogens with zero attached hydrogens (tertiary/aromatic N) is 2. The largest absolute Gasteiger partial charge is 0.354 e. The number of nitrogens with one attached hydrogen (secondary N) is 1. The smallest absolute Gasteiger partial charge is 0.240 e. The van der Waals surface area contributed by atoms with Gasteiger partial charge in [-0.25, -0.2) is 4.98 Å². The molecule has 0 bridgehead atoms. The van der Waals surface area contributed by atoms with Crippen molar-refractivity contribution in [2.45, 2.75) is 25.3 Å². The van der Waals surface area contributed by atoms with E-state index in [1.165, 1.54) is 16.0 Å². The maximum absolute atomic E-state index is 12.1. The van der Waals surface area contributed by atoms with E-state index >= 15 is 0 Å². The third kappa shape index (κ3) is 3.97. The molecule has 0 unspecified atom stereocenters. The summed E-state index contributed by atoms with van der Waals surface area (Å²) in [5.41, 5.74) is 4.37. The van der Waals surface area contributed by atoms with Gasteiger partial charge in [0.1, 0.15) is 6.54 Å². The molecule has 0 spiro atoms. The van der Waals surface area contributed by atoms with Crippen molar-refractivity contribution in [2.75, 3.05) is 12.3 Å². The minimum atomic E-state index is 0.0150. The summed E-state index contributed by atoms with van der Waals surface area (Å²) in [5, 5.41) is 2.97. The van der Waals surface area contributed by atoms with Crippen LogP contribution in [0.25, 0.3) is 11.0 Å². The lowest BCUT2D eigenvalue weighted by molar-refractivity contribution is -0.121. The molecule has 2 aromatic carbocycles. The Morgan fingerprint density at radius 1 is 1.17 bits per heavy atom. The summed E-state index contributed by atoms with van der Waals surface area (Å²) >= 11 is 1.74. The molecule has 0 saturated carbocycles. The van der Waals surface area contributed by atoms with E-state index in [4.69, 9.17) is 0 Å².